The predicted molar refractivity (Wildman–Crippen MR) is 150 cm³/mol. The summed E-state index contributed by atoms with van der Waals surface area (Å²) in [5.41, 5.74) is 0.640. The molecule has 18 heteroatoms. The van der Waals surface area contributed by atoms with Gasteiger partial charge < -0.3 is 33.7 Å². The quantitative estimate of drug-likeness (QED) is 0.227. The van der Waals surface area contributed by atoms with Gasteiger partial charge in [-0.05, 0) is 19.8 Å². The van der Waals surface area contributed by atoms with Gasteiger partial charge in [0.1, 0.15) is 18.8 Å². The third-order valence-electron chi connectivity index (χ3n) is 7.19. The number of alkyl carbamates (subject to hydrolysis) is 1. The minimum Gasteiger partial charge on any atom is -0.467 e. The van der Waals surface area contributed by atoms with Crippen molar-refractivity contribution in [1.29, 1.82) is 0 Å². The van der Waals surface area contributed by atoms with E-state index >= 15 is 0 Å². The van der Waals surface area contributed by atoms with Crippen LogP contribution in [0.2, 0.25) is 0 Å². The number of hydrogen-bond acceptors (Lipinski definition) is 14. The number of methoxy groups -OCH3 is 2. The minimum atomic E-state index is -1.20. The van der Waals surface area contributed by atoms with Crippen molar-refractivity contribution in [3.63, 3.8) is 0 Å². The molecule has 0 saturated carbocycles. The Morgan fingerprint density at radius 2 is 1.69 bits per heavy atom. The molecule has 1 N–H and O–H groups in total. The Bertz CT molecular complexity index is 1710. The summed E-state index contributed by atoms with van der Waals surface area (Å²) in [6.45, 7) is 4.93. The Hall–Kier alpha value is -5.00. The average molecular weight is 635 g/mol. The summed E-state index contributed by atoms with van der Waals surface area (Å²) in [6, 6.07) is -1.05. The third kappa shape index (κ3) is 6.59. The van der Waals surface area contributed by atoms with Gasteiger partial charge >= 0.3 is 30.0 Å². The lowest BCUT2D eigenvalue weighted by Crippen LogP contribution is -2.42. The molecule has 0 spiro atoms. The van der Waals surface area contributed by atoms with Gasteiger partial charge in [0.25, 0.3) is 5.56 Å². The second-order valence-corrected chi connectivity index (χ2v) is 10.2. The van der Waals surface area contributed by atoms with Gasteiger partial charge in [-0.2, -0.15) is 0 Å². The van der Waals surface area contributed by atoms with Crippen molar-refractivity contribution in [3.05, 3.63) is 28.1 Å². The molecule has 1 saturated heterocycles. The largest absolute Gasteiger partial charge is 0.467 e. The fourth-order valence-corrected chi connectivity index (χ4v) is 5.29. The number of ether oxygens (including phenoxy) is 6. The molecule has 0 bridgehead atoms. The summed E-state index contributed by atoms with van der Waals surface area (Å²) in [7, 11) is 3.98. The molecule has 1 fully saturated rings. The molecule has 1 aliphatic rings. The van der Waals surface area contributed by atoms with Crippen molar-refractivity contribution in [2.45, 2.75) is 71.1 Å². The zero-order valence-electron chi connectivity index (χ0n) is 25.7. The molecular weight excluding hydrogens is 600 g/mol. The molecule has 4 heterocycles. The summed E-state index contributed by atoms with van der Waals surface area (Å²) in [5.74, 6) is -2.46. The van der Waals surface area contributed by atoms with Gasteiger partial charge in [-0.1, -0.05) is 0 Å². The highest BCUT2D eigenvalue weighted by Gasteiger charge is 2.51. The molecule has 45 heavy (non-hydrogen) atoms. The first-order valence-electron chi connectivity index (χ1n) is 13.8. The van der Waals surface area contributed by atoms with E-state index in [4.69, 9.17) is 23.7 Å². The van der Waals surface area contributed by atoms with Crippen molar-refractivity contribution in [2.24, 2.45) is 7.05 Å². The van der Waals surface area contributed by atoms with E-state index in [-0.39, 0.29) is 36.4 Å². The Kier molecular flexibility index (Phi) is 9.75. The van der Waals surface area contributed by atoms with Crippen molar-refractivity contribution >= 4 is 46.9 Å². The van der Waals surface area contributed by atoms with Crippen LogP contribution >= 0.6 is 0 Å². The number of fused-ring (bicyclic) bond motifs is 2. The molecule has 0 radical (unpaired) electrons. The van der Waals surface area contributed by atoms with Crippen LogP contribution in [0.15, 0.2) is 11.1 Å². The van der Waals surface area contributed by atoms with E-state index in [2.05, 4.69) is 20.0 Å². The molecule has 18 nitrogen and oxygen atoms in total. The Morgan fingerprint density at radius 1 is 1.02 bits per heavy atom. The monoisotopic (exact) mass is 634 g/mol. The van der Waals surface area contributed by atoms with E-state index in [0.717, 1.165) is 7.11 Å². The SMILES string of the molecule is COC(=O)N[C@H](CCc1c(C)nc2n(C)c3c(ncn3[C@@H]3O[C@H](COC(C)=O)[C@@H](OC(C)=O)[C@H]3OC(C)=O)c(=O)n12)C(=O)OC. The topological polar surface area (TPSA) is 210 Å². The van der Waals surface area contributed by atoms with Gasteiger partial charge in [-0.15, -0.1) is 0 Å². The number of aryl methyl sites for hydroxylation is 3. The lowest BCUT2D eigenvalue weighted by atomic mass is 10.1. The molecular formula is C27H34N6O12. The number of amides is 1. The number of hydrogen-bond donors (Lipinski definition) is 1. The highest BCUT2D eigenvalue weighted by Crippen LogP contribution is 2.36. The van der Waals surface area contributed by atoms with Gasteiger partial charge in [-0.25, -0.2) is 24.0 Å². The van der Waals surface area contributed by atoms with E-state index < -0.39 is 66.1 Å². The summed E-state index contributed by atoms with van der Waals surface area (Å²) in [5, 5.41) is 2.42. The van der Waals surface area contributed by atoms with E-state index in [1.807, 2.05) is 0 Å². The lowest BCUT2D eigenvalue weighted by molar-refractivity contribution is -0.166. The molecule has 1 aliphatic heterocycles. The van der Waals surface area contributed by atoms with Crippen LogP contribution in [-0.4, -0.2) is 98.7 Å². The van der Waals surface area contributed by atoms with Gasteiger partial charge in [0.2, 0.25) is 5.78 Å². The number of nitrogens with zero attached hydrogens (tertiary/aromatic N) is 5. The third-order valence-corrected chi connectivity index (χ3v) is 7.19. The van der Waals surface area contributed by atoms with Crippen LogP contribution < -0.4 is 10.9 Å². The number of imidazole rings is 2. The Labute approximate surface area is 255 Å². The fourth-order valence-electron chi connectivity index (χ4n) is 5.29. The molecule has 3 aromatic heterocycles. The summed E-state index contributed by atoms with van der Waals surface area (Å²) in [6.07, 6.45) is -3.85. The predicted octanol–water partition coefficient (Wildman–Crippen LogP) is -0.155. The van der Waals surface area contributed by atoms with Crippen LogP contribution in [0.3, 0.4) is 0 Å². The standard InChI is InChI=1S/C27H34N6O12/c1-12-17(9-8-16(25(38)40-6)30-27(39)41-7)33-23(37)19-22(31(5)26(33)29-12)32(11-28-19)24-21(44-15(4)36)20(43-14(3)35)18(45-24)10-42-13(2)34/h11,16,18,20-21,24H,8-10H2,1-7H3,(H,30,39)/t16-,18-,20-,21-,24-/m1/s1. The van der Waals surface area contributed by atoms with Crippen LogP contribution in [0.1, 0.15) is 44.8 Å². The second-order valence-electron chi connectivity index (χ2n) is 10.2. The van der Waals surface area contributed by atoms with Gasteiger partial charge in [-0.3, -0.25) is 28.3 Å². The highest BCUT2D eigenvalue weighted by molar-refractivity contribution is 5.81. The maximum atomic E-state index is 13.9. The molecule has 5 atom stereocenters. The molecule has 0 aromatic carbocycles. The molecule has 4 rings (SSSR count). The maximum Gasteiger partial charge on any atom is 0.407 e. The zero-order chi connectivity index (χ0) is 33.2. The maximum absolute atomic E-state index is 13.9. The summed E-state index contributed by atoms with van der Waals surface area (Å²) < 4.78 is 36.0. The number of carbonyl (C=O) groups is 5. The summed E-state index contributed by atoms with van der Waals surface area (Å²) >= 11 is 0. The first kappa shape index (κ1) is 32.9. The zero-order valence-corrected chi connectivity index (χ0v) is 25.7. The van der Waals surface area contributed by atoms with Crippen LogP contribution in [-0.2, 0) is 61.1 Å². The lowest BCUT2D eigenvalue weighted by Gasteiger charge is -2.24. The first-order valence-corrected chi connectivity index (χ1v) is 13.8. The van der Waals surface area contributed by atoms with Crippen LogP contribution in [0.25, 0.3) is 16.9 Å². The smallest absolute Gasteiger partial charge is 0.407 e. The van der Waals surface area contributed by atoms with Crippen molar-refractivity contribution < 1.29 is 52.4 Å². The van der Waals surface area contributed by atoms with E-state index in [1.54, 1.807) is 18.5 Å². The summed E-state index contributed by atoms with van der Waals surface area (Å²) in [4.78, 5) is 82.4. The van der Waals surface area contributed by atoms with Crippen molar-refractivity contribution in [1.82, 2.24) is 28.8 Å². The molecule has 0 unspecified atom stereocenters. The minimum absolute atomic E-state index is 0.00139. The van der Waals surface area contributed by atoms with E-state index in [0.29, 0.717) is 11.4 Å². The Balaban J connectivity index is 1.79. The molecule has 0 aliphatic carbocycles. The number of carbonyl (C=O) groups excluding carboxylic acids is 5. The highest BCUT2D eigenvalue weighted by atomic mass is 16.7. The molecule has 1 amide bonds. The molecule has 244 valence electrons. The fraction of sp³-hybridized carbons (Fsp3) is 0.556. The van der Waals surface area contributed by atoms with Crippen LogP contribution in [0, 0.1) is 6.92 Å². The van der Waals surface area contributed by atoms with Crippen LogP contribution in [0.5, 0.6) is 0 Å². The van der Waals surface area contributed by atoms with Gasteiger partial charge in [0, 0.05) is 27.8 Å². The van der Waals surface area contributed by atoms with E-state index in [1.165, 1.54) is 43.2 Å². The average Bonchev–Trinajstić information content (AvgIpc) is 3.66. The number of esters is 4. The Morgan fingerprint density at radius 3 is 2.29 bits per heavy atom. The number of nitrogens with one attached hydrogen (secondary N) is 1. The normalized spacial score (nSPS) is 20.1. The second kappa shape index (κ2) is 13.3. The van der Waals surface area contributed by atoms with Gasteiger partial charge in [0.15, 0.2) is 29.6 Å². The van der Waals surface area contributed by atoms with Crippen molar-refractivity contribution in [3.8, 4) is 0 Å². The molecule has 3 aromatic rings. The van der Waals surface area contributed by atoms with Crippen LogP contribution in [0.4, 0.5) is 4.79 Å². The number of rotatable bonds is 10. The first-order chi connectivity index (χ1) is 21.3. The van der Waals surface area contributed by atoms with E-state index in [9.17, 15) is 28.8 Å². The number of aromatic nitrogens is 5. The van der Waals surface area contributed by atoms with Crippen molar-refractivity contribution in [2.75, 3.05) is 20.8 Å². The van der Waals surface area contributed by atoms with Gasteiger partial charge in [0.05, 0.1) is 31.9 Å².